The highest BCUT2D eigenvalue weighted by molar-refractivity contribution is 6.31. The van der Waals surface area contributed by atoms with E-state index in [1.165, 1.54) is 14.0 Å². The number of halogens is 4. The first kappa shape index (κ1) is 22.3. The molecule has 0 spiro atoms. The fourth-order valence-electron chi connectivity index (χ4n) is 2.47. The fraction of sp³-hybridized carbons (Fsp3) is 0.278. The Morgan fingerprint density at radius 1 is 1.24 bits per heavy atom. The van der Waals surface area contributed by atoms with Crippen LogP contribution in [0, 0.1) is 17.0 Å². The van der Waals surface area contributed by atoms with Crippen molar-refractivity contribution in [2.45, 2.75) is 26.1 Å². The van der Waals surface area contributed by atoms with Crippen LogP contribution in [0.5, 0.6) is 5.75 Å². The predicted molar refractivity (Wildman–Crippen MR) is 103 cm³/mol. The van der Waals surface area contributed by atoms with Gasteiger partial charge in [-0.2, -0.15) is 13.2 Å². The lowest BCUT2D eigenvalue weighted by Crippen LogP contribution is -2.32. The molecule has 1 amide bonds. The largest absolute Gasteiger partial charge is 0.495 e. The van der Waals surface area contributed by atoms with E-state index in [2.05, 4.69) is 10.6 Å². The van der Waals surface area contributed by atoms with Crippen molar-refractivity contribution >= 4 is 34.6 Å². The van der Waals surface area contributed by atoms with Gasteiger partial charge in [0.15, 0.2) is 0 Å². The van der Waals surface area contributed by atoms with Crippen molar-refractivity contribution in [3.63, 3.8) is 0 Å². The molecule has 2 aromatic carbocycles. The summed E-state index contributed by atoms with van der Waals surface area (Å²) >= 11 is 6.02. The van der Waals surface area contributed by atoms with E-state index >= 15 is 0 Å². The second-order valence-electron chi connectivity index (χ2n) is 6.14. The van der Waals surface area contributed by atoms with Gasteiger partial charge in [0, 0.05) is 23.2 Å². The molecule has 0 aliphatic carbocycles. The Labute approximate surface area is 169 Å². The number of non-ortho nitro benzene ring substituents is 1. The number of nitro groups is 1. The summed E-state index contributed by atoms with van der Waals surface area (Å²) in [6.45, 7) is 3.18. The Morgan fingerprint density at radius 3 is 2.45 bits per heavy atom. The molecule has 0 bridgehead atoms. The maximum absolute atomic E-state index is 13.3. The topological polar surface area (TPSA) is 93.5 Å². The average molecular weight is 432 g/mol. The van der Waals surface area contributed by atoms with Crippen molar-refractivity contribution < 1.29 is 27.6 Å². The summed E-state index contributed by atoms with van der Waals surface area (Å²) in [4.78, 5) is 22.2. The predicted octanol–water partition coefficient (Wildman–Crippen LogP) is 5.02. The van der Waals surface area contributed by atoms with Gasteiger partial charge < -0.3 is 15.4 Å². The molecule has 0 aliphatic rings. The average Bonchev–Trinajstić information content (AvgIpc) is 2.63. The van der Waals surface area contributed by atoms with Crippen LogP contribution in [0.3, 0.4) is 0 Å². The number of carbonyl (C=O) groups excluding carboxylic acids is 1. The number of ether oxygens (including phenoxy) is 1. The molecule has 0 heterocycles. The van der Waals surface area contributed by atoms with Crippen LogP contribution in [0.1, 0.15) is 18.1 Å². The van der Waals surface area contributed by atoms with Crippen LogP contribution >= 0.6 is 11.6 Å². The van der Waals surface area contributed by atoms with Crippen LogP contribution in [-0.4, -0.2) is 24.0 Å². The number of rotatable bonds is 6. The highest BCUT2D eigenvalue weighted by atomic mass is 35.5. The van der Waals surface area contributed by atoms with Crippen LogP contribution in [0.25, 0.3) is 0 Å². The molecule has 7 nitrogen and oxygen atoms in total. The molecule has 0 fully saturated rings. The highest BCUT2D eigenvalue weighted by Gasteiger charge is 2.36. The van der Waals surface area contributed by atoms with E-state index in [9.17, 15) is 28.1 Å². The van der Waals surface area contributed by atoms with Crippen LogP contribution in [0.4, 0.5) is 30.2 Å². The Bertz CT molecular complexity index is 951. The van der Waals surface area contributed by atoms with Gasteiger partial charge in [-0.25, -0.2) is 0 Å². The lowest BCUT2D eigenvalue weighted by Gasteiger charge is -2.20. The van der Waals surface area contributed by atoms with Crippen molar-refractivity contribution in [2.24, 2.45) is 0 Å². The molecule has 2 N–H and O–H groups in total. The van der Waals surface area contributed by atoms with Crippen molar-refractivity contribution in [1.29, 1.82) is 0 Å². The molecule has 0 aromatic heterocycles. The lowest BCUT2D eigenvalue weighted by atomic mass is 10.1. The van der Waals surface area contributed by atoms with Gasteiger partial charge in [-0.05, 0) is 31.5 Å². The molecular weight excluding hydrogens is 415 g/mol. The first-order valence-corrected chi connectivity index (χ1v) is 8.59. The zero-order valence-electron chi connectivity index (χ0n) is 15.6. The van der Waals surface area contributed by atoms with Gasteiger partial charge in [0.05, 0.1) is 29.0 Å². The van der Waals surface area contributed by atoms with Gasteiger partial charge >= 0.3 is 6.18 Å². The molecule has 156 valence electrons. The number of amides is 1. The molecule has 29 heavy (non-hydrogen) atoms. The molecule has 0 aliphatic heterocycles. The fourth-order valence-corrected chi connectivity index (χ4v) is 2.63. The second kappa shape index (κ2) is 8.56. The van der Waals surface area contributed by atoms with Gasteiger partial charge in [0.1, 0.15) is 11.8 Å². The number of benzene rings is 2. The minimum Gasteiger partial charge on any atom is -0.495 e. The Hall–Kier alpha value is -3.01. The summed E-state index contributed by atoms with van der Waals surface area (Å²) in [5, 5.41) is 16.2. The first-order valence-electron chi connectivity index (χ1n) is 8.21. The van der Waals surface area contributed by atoms with E-state index < -0.39 is 40.0 Å². The Balaban J connectivity index is 2.26. The van der Waals surface area contributed by atoms with Crippen molar-refractivity contribution in [2.75, 3.05) is 17.7 Å². The molecule has 11 heteroatoms. The molecule has 0 radical (unpaired) electrons. The van der Waals surface area contributed by atoms with E-state index in [4.69, 9.17) is 16.3 Å². The van der Waals surface area contributed by atoms with Crippen LogP contribution in [0.2, 0.25) is 5.02 Å². The summed E-state index contributed by atoms with van der Waals surface area (Å²) in [7, 11) is 1.41. The molecule has 2 aromatic rings. The lowest BCUT2D eigenvalue weighted by molar-refractivity contribution is -0.385. The molecule has 2 rings (SSSR count). The number of nitro benzene ring substituents is 1. The third-order valence-electron chi connectivity index (χ3n) is 4.02. The van der Waals surface area contributed by atoms with Gasteiger partial charge in [-0.3, -0.25) is 14.9 Å². The monoisotopic (exact) mass is 431 g/mol. The van der Waals surface area contributed by atoms with E-state index in [0.717, 1.165) is 12.1 Å². The zero-order valence-corrected chi connectivity index (χ0v) is 16.3. The quantitative estimate of drug-likeness (QED) is 0.494. The van der Waals surface area contributed by atoms with E-state index in [1.807, 2.05) is 0 Å². The van der Waals surface area contributed by atoms with Crippen molar-refractivity contribution in [1.82, 2.24) is 0 Å². The number of anilines is 2. The molecule has 0 saturated carbocycles. The van der Waals surface area contributed by atoms with Crippen LogP contribution in [-0.2, 0) is 11.0 Å². The summed E-state index contributed by atoms with van der Waals surface area (Å²) in [6.07, 6.45) is -4.89. The zero-order chi connectivity index (χ0) is 21.9. The van der Waals surface area contributed by atoms with Gasteiger partial charge in [0.2, 0.25) is 5.91 Å². The third kappa shape index (κ3) is 5.29. The smallest absolute Gasteiger partial charge is 0.418 e. The summed E-state index contributed by atoms with van der Waals surface area (Å²) in [5.74, 6) is -0.425. The Kier molecular flexibility index (Phi) is 6.58. The molecule has 1 atom stereocenters. The minimum atomic E-state index is -4.89. The summed E-state index contributed by atoms with van der Waals surface area (Å²) in [6, 6.07) is 4.33. The molecule has 1 unspecified atom stereocenters. The Morgan fingerprint density at radius 2 is 1.90 bits per heavy atom. The number of hydrogen-bond acceptors (Lipinski definition) is 5. The minimum absolute atomic E-state index is 0.353. The van der Waals surface area contributed by atoms with Crippen molar-refractivity contribution in [3.8, 4) is 5.75 Å². The number of carbonyl (C=O) groups is 1. The molecular formula is C18H17ClF3N3O4. The van der Waals surface area contributed by atoms with Crippen LogP contribution in [0.15, 0.2) is 30.3 Å². The maximum Gasteiger partial charge on any atom is 0.418 e. The van der Waals surface area contributed by atoms with Crippen molar-refractivity contribution in [3.05, 3.63) is 56.6 Å². The van der Waals surface area contributed by atoms with E-state index in [-0.39, 0.29) is 0 Å². The number of hydrogen-bond donors (Lipinski definition) is 2. The van der Waals surface area contributed by atoms with Gasteiger partial charge in [0.25, 0.3) is 5.69 Å². The number of aryl methyl sites for hydroxylation is 1. The number of alkyl halides is 3. The van der Waals surface area contributed by atoms with E-state index in [1.54, 1.807) is 19.1 Å². The third-order valence-corrected chi connectivity index (χ3v) is 4.43. The normalized spacial score (nSPS) is 12.2. The van der Waals surface area contributed by atoms with Gasteiger partial charge in [-0.15, -0.1) is 0 Å². The van der Waals surface area contributed by atoms with E-state index in [0.29, 0.717) is 28.1 Å². The number of nitrogens with one attached hydrogen (secondary N) is 2. The summed E-state index contributed by atoms with van der Waals surface area (Å²) < 4.78 is 44.9. The number of methoxy groups -OCH3 is 1. The highest BCUT2D eigenvalue weighted by Crippen LogP contribution is 2.37. The maximum atomic E-state index is 13.3. The molecule has 0 saturated heterocycles. The SMILES string of the molecule is COc1cc(Cl)c(C)cc1NC(C)C(=O)Nc1ccc([N+](=O)[O-])cc1C(F)(F)F. The van der Waals surface area contributed by atoms with Gasteiger partial charge in [-0.1, -0.05) is 11.6 Å². The number of nitrogens with zero attached hydrogens (tertiary/aromatic N) is 1. The summed E-state index contributed by atoms with van der Waals surface area (Å²) in [5.41, 5.74) is -1.50. The first-order chi connectivity index (χ1) is 13.4. The standard InChI is InChI=1S/C18H17ClF3N3O4/c1-9-6-15(16(29-3)8-13(9)19)23-10(2)17(26)24-14-5-4-11(25(27)28)7-12(14)18(20,21)22/h4-8,10,23H,1-3H3,(H,24,26). The second-order valence-corrected chi connectivity index (χ2v) is 6.55. The van der Waals surface area contributed by atoms with Crippen LogP contribution < -0.4 is 15.4 Å².